The fourth-order valence-electron chi connectivity index (χ4n) is 6.29. The Labute approximate surface area is 233 Å². The fraction of sp³-hybridized carbons (Fsp3) is 0.517. The standard InChI is InChI=1S/C29H37FN8O2/c1-19-8-9-24-23(16-31-34-24)26(19)38-11-5-7-22-25(17-38)32-29(40-18-21-6-4-10-35(21)3)33-27(22)36-12-14-37(15-13-36)28(39)20(2)30/h8-9,16,21H,2,4-7,10-15,17-18H2,1,3H3,(H,31,34)/t21-/m0/s1. The van der Waals surface area contributed by atoms with Gasteiger partial charge >= 0.3 is 6.01 Å². The van der Waals surface area contributed by atoms with Gasteiger partial charge in [0.1, 0.15) is 12.4 Å². The number of aryl methyl sites for hydroxylation is 1. The van der Waals surface area contributed by atoms with Crippen molar-refractivity contribution in [3.05, 3.63) is 47.6 Å². The molecule has 2 fully saturated rings. The highest BCUT2D eigenvalue weighted by Gasteiger charge is 2.30. The van der Waals surface area contributed by atoms with Crippen molar-refractivity contribution in [2.75, 3.05) is 62.7 Å². The summed E-state index contributed by atoms with van der Waals surface area (Å²) in [6, 6.07) is 4.95. The number of nitrogens with zero attached hydrogens (tertiary/aromatic N) is 7. The van der Waals surface area contributed by atoms with E-state index in [2.05, 4.69) is 57.6 Å². The second-order valence-corrected chi connectivity index (χ2v) is 11.1. The van der Waals surface area contributed by atoms with Crippen LogP contribution in [0.1, 0.15) is 36.1 Å². The molecule has 5 heterocycles. The Bertz CT molecular complexity index is 1420. The Morgan fingerprint density at radius 3 is 2.70 bits per heavy atom. The van der Waals surface area contributed by atoms with Gasteiger partial charge in [-0.1, -0.05) is 12.6 Å². The molecular weight excluding hydrogens is 511 g/mol. The molecule has 40 heavy (non-hydrogen) atoms. The summed E-state index contributed by atoms with van der Waals surface area (Å²) in [4.78, 5) is 30.5. The summed E-state index contributed by atoms with van der Waals surface area (Å²) in [7, 11) is 2.13. The predicted molar refractivity (Wildman–Crippen MR) is 152 cm³/mol. The number of carbonyl (C=O) groups excluding carboxylic acids is 1. The molecule has 1 amide bonds. The molecule has 3 aliphatic rings. The zero-order chi connectivity index (χ0) is 27.8. The minimum atomic E-state index is -0.917. The molecule has 0 saturated carbocycles. The number of rotatable bonds is 6. The van der Waals surface area contributed by atoms with Gasteiger partial charge in [0.05, 0.1) is 29.6 Å². The summed E-state index contributed by atoms with van der Waals surface area (Å²) >= 11 is 0. The Balaban J connectivity index is 1.32. The molecule has 1 N–H and O–H groups in total. The highest BCUT2D eigenvalue weighted by atomic mass is 19.1. The van der Waals surface area contributed by atoms with Gasteiger partial charge in [-0.05, 0) is 57.8 Å². The number of H-pyrrole nitrogens is 1. The van der Waals surface area contributed by atoms with Gasteiger partial charge < -0.3 is 24.3 Å². The van der Waals surface area contributed by atoms with Crippen LogP contribution in [0.5, 0.6) is 6.01 Å². The van der Waals surface area contributed by atoms with Crippen molar-refractivity contribution in [1.82, 2.24) is 30.0 Å². The van der Waals surface area contributed by atoms with E-state index in [0.717, 1.165) is 60.3 Å². The van der Waals surface area contributed by atoms with Crippen molar-refractivity contribution in [3.8, 4) is 6.01 Å². The monoisotopic (exact) mass is 548 g/mol. The molecule has 1 aromatic carbocycles. The number of halogens is 1. The summed E-state index contributed by atoms with van der Waals surface area (Å²) < 4.78 is 19.8. The maximum Gasteiger partial charge on any atom is 0.318 e. The second kappa shape index (κ2) is 11.0. The van der Waals surface area contributed by atoms with Crippen molar-refractivity contribution >= 4 is 28.3 Å². The molecule has 1 atom stereocenters. The predicted octanol–water partition coefficient (Wildman–Crippen LogP) is 3.22. The molecule has 11 heteroatoms. The molecule has 6 rings (SSSR count). The number of likely N-dealkylation sites (tertiary alicyclic amines) is 1. The lowest BCUT2D eigenvalue weighted by molar-refractivity contribution is -0.128. The maximum absolute atomic E-state index is 13.5. The highest BCUT2D eigenvalue weighted by molar-refractivity contribution is 5.93. The summed E-state index contributed by atoms with van der Waals surface area (Å²) in [5.74, 6) is -0.684. The summed E-state index contributed by atoms with van der Waals surface area (Å²) in [5.41, 5.74) is 5.48. The first-order chi connectivity index (χ1) is 19.4. The number of aromatic amines is 1. The number of hydrogen-bond donors (Lipinski definition) is 1. The Morgan fingerprint density at radius 1 is 1.12 bits per heavy atom. The first-order valence-electron chi connectivity index (χ1n) is 14.2. The zero-order valence-electron chi connectivity index (χ0n) is 23.3. The molecule has 0 radical (unpaired) electrons. The van der Waals surface area contributed by atoms with Crippen LogP contribution in [0.2, 0.25) is 0 Å². The van der Waals surface area contributed by atoms with Crippen molar-refractivity contribution in [2.24, 2.45) is 0 Å². The molecule has 3 aliphatic heterocycles. The number of nitrogens with one attached hydrogen (secondary N) is 1. The van der Waals surface area contributed by atoms with E-state index in [9.17, 15) is 9.18 Å². The van der Waals surface area contributed by atoms with Gasteiger partial charge in [0.2, 0.25) is 0 Å². The topological polar surface area (TPSA) is 93.7 Å². The molecule has 10 nitrogen and oxygen atoms in total. The quantitative estimate of drug-likeness (QED) is 0.470. The number of amides is 1. The van der Waals surface area contributed by atoms with Gasteiger partial charge in [0, 0.05) is 49.7 Å². The molecule has 2 saturated heterocycles. The molecule has 0 spiro atoms. The third-order valence-corrected chi connectivity index (χ3v) is 8.53. The maximum atomic E-state index is 13.5. The lowest BCUT2D eigenvalue weighted by Gasteiger charge is -2.36. The van der Waals surface area contributed by atoms with Crippen LogP contribution in [0.25, 0.3) is 10.9 Å². The number of anilines is 2. The van der Waals surface area contributed by atoms with Gasteiger partial charge in [0.15, 0.2) is 5.83 Å². The van der Waals surface area contributed by atoms with E-state index in [4.69, 9.17) is 14.7 Å². The molecule has 0 unspecified atom stereocenters. The van der Waals surface area contributed by atoms with E-state index in [1.54, 1.807) is 0 Å². The molecule has 3 aromatic rings. The SMILES string of the molecule is C=C(F)C(=O)N1CCN(c2nc(OC[C@@H]3CCCN3C)nc3c2CCCN(c2c(C)ccc4[nH]ncc24)C3)CC1. The largest absolute Gasteiger partial charge is 0.462 e. The average Bonchev–Trinajstić information content (AvgIpc) is 3.54. The lowest BCUT2D eigenvalue weighted by atomic mass is 10.1. The highest BCUT2D eigenvalue weighted by Crippen LogP contribution is 2.35. The second-order valence-electron chi connectivity index (χ2n) is 11.1. The summed E-state index contributed by atoms with van der Waals surface area (Å²) in [6.07, 6.45) is 5.96. The fourth-order valence-corrected chi connectivity index (χ4v) is 6.29. The molecule has 212 valence electrons. The number of hydrogen-bond acceptors (Lipinski definition) is 8. The van der Waals surface area contributed by atoms with E-state index in [-0.39, 0.29) is 0 Å². The first-order valence-corrected chi connectivity index (χ1v) is 14.2. The van der Waals surface area contributed by atoms with Gasteiger partial charge in [-0.25, -0.2) is 4.39 Å². The average molecular weight is 549 g/mol. The third kappa shape index (κ3) is 5.10. The minimum Gasteiger partial charge on any atom is -0.462 e. The number of benzene rings is 1. The number of aromatic nitrogens is 4. The molecule has 0 aliphatic carbocycles. The van der Waals surface area contributed by atoms with E-state index >= 15 is 0 Å². The van der Waals surface area contributed by atoms with Crippen LogP contribution in [-0.2, 0) is 17.8 Å². The van der Waals surface area contributed by atoms with E-state index in [1.807, 2.05) is 6.20 Å². The number of carbonyl (C=O) groups is 1. The lowest BCUT2D eigenvalue weighted by Crippen LogP contribution is -2.49. The first kappa shape index (κ1) is 26.5. The Hall–Kier alpha value is -3.73. The molecular formula is C29H37FN8O2. The summed E-state index contributed by atoms with van der Waals surface area (Å²) in [6.45, 7) is 10.4. The van der Waals surface area contributed by atoms with Crippen LogP contribution >= 0.6 is 0 Å². The van der Waals surface area contributed by atoms with E-state index < -0.39 is 11.7 Å². The Kier molecular flexibility index (Phi) is 7.31. The minimum absolute atomic E-state index is 0.354. The molecule has 0 bridgehead atoms. The number of fused-ring (bicyclic) bond motifs is 2. The van der Waals surface area contributed by atoms with Gasteiger partial charge in [-0.2, -0.15) is 15.1 Å². The van der Waals surface area contributed by atoms with Crippen molar-refractivity contribution in [2.45, 2.75) is 45.2 Å². The summed E-state index contributed by atoms with van der Waals surface area (Å²) in [5, 5.41) is 8.49. The van der Waals surface area contributed by atoms with E-state index in [1.165, 1.54) is 22.6 Å². The normalized spacial score (nSPS) is 20.1. The van der Waals surface area contributed by atoms with Gasteiger partial charge in [-0.15, -0.1) is 0 Å². The number of likely N-dealkylation sites (N-methyl/N-ethyl adjacent to an activating group) is 1. The van der Waals surface area contributed by atoms with Crippen LogP contribution in [-0.4, -0.2) is 94.8 Å². The van der Waals surface area contributed by atoms with Crippen molar-refractivity contribution < 1.29 is 13.9 Å². The van der Waals surface area contributed by atoms with Crippen LogP contribution in [0.3, 0.4) is 0 Å². The van der Waals surface area contributed by atoms with Crippen LogP contribution in [0.4, 0.5) is 15.9 Å². The van der Waals surface area contributed by atoms with Crippen LogP contribution in [0.15, 0.2) is 30.7 Å². The van der Waals surface area contributed by atoms with Crippen molar-refractivity contribution in [3.63, 3.8) is 0 Å². The zero-order valence-corrected chi connectivity index (χ0v) is 23.3. The van der Waals surface area contributed by atoms with Gasteiger partial charge in [-0.3, -0.25) is 9.89 Å². The van der Waals surface area contributed by atoms with Crippen LogP contribution < -0.4 is 14.5 Å². The van der Waals surface area contributed by atoms with E-state index in [0.29, 0.717) is 51.4 Å². The van der Waals surface area contributed by atoms with Gasteiger partial charge in [0.25, 0.3) is 5.91 Å². The van der Waals surface area contributed by atoms with Crippen LogP contribution in [0, 0.1) is 6.92 Å². The Morgan fingerprint density at radius 2 is 1.95 bits per heavy atom. The number of ether oxygens (including phenoxy) is 1. The molecule has 2 aromatic heterocycles. The number of piperazine rings is 1. The third-order valence-electron chi connectivity index (χ3n) is 8.53. The smallest absolute Gasteiger partial charge is 0.318 e. The van der Waals surface area contributed by atoms with Crippen molar-refractivity contribution in [1.29, 1.82) is 0 Å².